The lowest BCUT2D eigenvalue weighted by Gasteiger charge is -2.26. The number of rotatable bonds is 10. The van der Waals surface area contributed by atoms with Crippen molar-refractivity contribution in [3.63, 3.8) is 0 Å². The number of hydrogen-bond donors (Lipinski definition) is 2. The average Bonchev–Trinajstić information content (AvgIpc) is 3.25. The van der Waals surface area contributed by atoms with Gasteiger partial charge in [-0.15, -0.1) is 11.8 Å². The van der Waals surface area contributed by atoms with Gasteiger partial charge in [-0.2, -0.15) is 11.8 Å². The van der Waals surface area contributed by atoms with E-state index in [1.165, 1.54) is 28.8 Å². The molecule has 0 aliphatic carbocycles. The molecule has 1 saturated heterocycles. The average molecular weight is 434 g/mol. The molecule has 0 saturated carbocycles. The molecule has 0 spiro atoms. The highest BCUT2D eigenvalue weighted by molar-refractivity contribution is 7.99. The van der Waals surface area contributed by atoms with E-state index in [1.807, 2.05) is 30.1 Å². The highest BCUT2D eigenvalue weighted by atomic mass is 32.2. The van der Waals surface area contributed by atoms with Crippen LogP contribution in [0.1, 0.15) is 17.0 Å². The van der Waals surface area contributed by atoms with E-state index in [1.54, 1.807) is 12.3 Å². The number of nitrogens with one attached hydrogen (secondary N) is 1. The summed E-state index contributed by atoms with van der Waals surface area (Å²) in [4.78, 5) is 18.7. The lowest BCUT2D eigenvalue weighted by Crippen LogP contribution is -2.31. The first-order valence-corrected chi connectivity index (χ1v) is 12.0. The maximum atomic E-state index is 11.9. The molecule has 1 fully saturated rings. The number of aliphatic hydroxyl groups is 1. The summed E-state index contributed by atoms with van der Waals surface area (Å²) in [6, 6.07) is 7.86. The van der Waals surface area contributed by atoms with Crippen LogP contribution in [0.25, 0.3) is 0 Å². The molecule has 0 radical (unpaired) electrons. The van der Waals surface area contributed by atoms with Crippen molar-refractivity contribution in [2.45, 2.75) is 18.7 Å². The molecule has 1 amide bonds. The van der Waals surface area contributed by atoms with E-state index in [-0.39, 0.29) is 18.2 Å². The van der Waals surface area contributed by atoms with Gasteiger partial charge in [0.2, 0.25) is 5.91 Å². The number of pyridine rings is 1. The Morgan fingerprint density at radius 2 is 2.24 bits per heavy atom. The molecule has 0 aromatic carbocycles. The highest BCUT2D eigenvalue weighted by Crippen LogP contribution is 2.14. The predicted molar refractivity (Wildman–Crippen MR) is 119 cm³/mol. The van der Waals surface area contributed by atoms with Gasteiger partial charge in [0.15, 0.2) is 0 Å². The molecule has 29 heavy (non-hydrogen) atoms. The third-order valence-electron chi connectivity index (χ3n) is 4.46. The van der Waals surface area contributed by atoms with Gasteiger partial charge < -0.3 is 14.8 Å². The Balaban J connectivity index is 1.37. The van der Waals surface area contributed by atoms with Gasteiger partial charge in [-0.3, -0.25) is 14.7 Å². The van der Waals surface area contributed by atoms with E-state index in [9.17, 15) is 9.90 Å². The van der Waals surface area contributed by atoms with Crippen LogP contribution in [0.15, 0.2) is 53.0 Å². The SMILES string of the molecule is O=C(CSCc1ccco1)NCC(O)=CCc1cc(CN2CCSCC2)ccn1. The molecule has 0 unspecified atom stereocenters. The first kappa shape index (κ1) is 21.8. The van der Waals surface area contributed by atoms with Gasteiger partial charge in [0, 0.05) is 49.5 Å². The van der Waals surface area contributed by atoms with Crippen molar-refractivity contribution in [1.29, 1.82) is 0 Å². The summed E-state index contributed by atoms with van der Waals surface area (Å²) in [6.07, 6.45) is 5.70. The Morgan fingerprint density at radius 3 is 3.03 bits per heavy atom. The number of aromatic nitrogens is 1. The molecule has 0 atom stereocenters. The van der Waals surface area contributed by atoms with Crippen molar-refractivity contribution in [3.8, 4) is 0 Å². The number of aliphatic hydroxyl groups excluding tert-OH is 1. The molecule has 2 aromatic rings. The Morgan fingerprint density at radius 1 is 1.38 bits per heavy atom. The Hall–Kier alpha value is -1.90. The first-order valence-electron chi connectivity index (χ1n) is 9.68. The maximum absolute atomic E-state index is 11.9. The number of allylic oxidation sites excluding steroid dienone is 1. The van der Waals surface area contributed by atoms with Crippen molar-refractivity contribution in [3.05, 3.63) is 65.6 Å². The van der Waals surface area contributed by atoms with Gasteiger partial charge in [0.1, 0.15) is 11.5 Å². The smallest absolute Gasteiger partial charge is 0.230 e. The molecular weight excluding hydrogens is 406 g/mol. The summed E-state index contributed by atoms with van der Waals surface area (Å²) >= 11 is 3.48. The van der Waals surface area contributed by atoms with E-state index in [2.05, 4.69) is 27.3 Å². The van der Waals surface area contributed by atoms with E-state index < -0.39 is 0 Å². The minimum absolute atomic E-state index is 0.110. The number of nitrogens with zero attached hydrogens (tertiary/aromatic N) is 2. The Kier molecular flexibility index (Phi) is 8.98. The summed E-state index contributed by atoms with van der Waals surface area (Å²) < 4.78 is 5.23. The lowest BCUT2D eigenvalue weighted by atomic mass is 10.1. The van der Waals surface area contributed by atoms with Crippen molar-refractivity contribution >= 4 is 29.4 Å². The molecule has 0 bridgehead atoms. The Bertz CT molecular complexity index is 790. The van der Waals surface area contributed by atoms with Crippen LogP contribution in [-0.2, 0) is 23.5 Å². The van der Waals surface area contributed by atoms with Crippen molar-refractivity contribution in [2.24, 2.45) is 0 Å². The van der Waals surface area contributed by atoms with Crippen LogP contribution in [0.5, 0.6) is 0 Å². The predicted octanol–water partition coefficient (Wildman–Crippen LogP) is 3.26. The van der Waals surface area contributed by atoms with Gasteiger partial charge in [-0.05, 0) is 35.9 Å². The summed E-state index contributed by atoms with van der Waals surface area (Å²) in [5.74, 6) is 4.26. The molecule has 3 rings (SSSR count). The number of hydrogen-bond acceptors (Lipinski definition) is 7. The summed E-state index contributed by atoms with van der Waals surface area (Å²) in [5.41, 5.74) is 2.16. The number of amides is 1. The second kappa shape index (κ2) is 11.9. The molecule has 2 N–H and O–H groups in total. The third kappa shape index (κ3) is 8.16. The summed E-state index contributed by atoms with van der Waals surface area (Å²) in [7, 11) is 0. The topological polar surface area (TPSA) is 78.6 Å². The summed E-state index contributed by atoms with van der Waals surface area (Å²) in [5, 5.41) is 12.8. The number of furan rings is 1. The third-order valence-corrected chi connectivity index (χ3v) is 6.36. The largest absolute Gasteiger partial charge is 0.511 e. The van der Waals surface area contributed by atoms with Gasteiger partial charge in [0.05, 0.1) is 24.3 Å². The molecule has 8 heteroatoms. The zero-order chi connectivity index (χ0) is 20.3. The van der Waals surface area contributed by atoms with Crippen molar-refractivity contribution in [2.75, 3.05) is 36.9 Å². The highest BCUT2D eigenvalue weighted by Gasteiger charge is 2.11. The van der Waals surface area contributed by atoms with Gasteiger partial charge in [0.25, 0.3) is 0 Å². The second-order valence-corrected chi connectivity index (χ2v) is 9.00. The molecule has 1 aliphatic rings. The van der Waals surface area contributed by atoms with Gasteiger partial charge in [-0.25, -0.2) is 0 Å². The Labute approximate surface area is 180 Å². The van der Waals surface area contributed by atoms with Crippen LogP contribution in [-0.4, -0.2) is 57.8 Å². The molecule has 3 heterocycles. The van der Waals surface area contributed by atoms with Gasteiger partial charge >= 0.3 is 0 Å². The zero-order valence-electron chi connectivity index (χ0n) is 16.4. The minimum atomic E-state index is -0.110. The van der Waals surface area contributed by atoms with Gasteiger partial charge in [-0.1, -0.05) is 0 Å². The number of carbonyl (C=O) groups excluding carboxylic acids is 1. The maximum Gasteiger partial charge on any atom is 0.230 e. The normalized spacial score (nSPS) is 15.4. The number of carbonyl (C=O) groups is 1. The van der Waals surface area contributed by atoms with Crippen LogP contribution >= 0.6 is 23.5 Å². The molecule has 6 nitrogen and oxygen atoms in total. The monoisotopic (exact) mass is 433 g/mol. The first-order chi connectivity index (χ1) is 14.2. The fourth-order valence-corrected chi connectivity index (χ4v) is 4.66. The molecule has 2 aromatic heterocycles. The van der Waals surface area contributed by atoms with E-state index in [0.717, 1.165) is 31.1 Å². The second-order valence-electron chi connectivity index (χ2n) is 6.79. The fourth-order valence-electron chi connectivity index (χ4n) is 2.93. The van der Waals surface area contributed by atoms with Crippen LogP contribution < -0.4 is 5.32 Å². The fraction of sp³-hybridized carbons (Fsp3) is 0.429. The molecule has 1 aliphatic heterocycles. The minimum Gasteiger partial charge on any atom is -0.511 e. The van der Waals surface area contributed by atoms with E-state index in [4.69, 9.17) is 4.42 Å². The lowest BCUT2D eigenvalue weighted by molar-refractivity contribution is -0.118. The number of thioether (sulfide) groups is 2. The van der Waals surface area contributed by atoms with E-state index >= 15 is 0 Å². The van der Waals surface area contributed by atoms with Crippen molar-refractivity contribution in [1.82, 2.24) is 15.2 Å². The quantitative estimate of drug-likeness (QED) is 0.557. The zero-order valence-corrected chi connectivity index (χ0v) is 18.0. The van der Waals surface area contributed by atoms with Crippen LogP contribution in [0, 0.1) is 0 Å². The van der Waals surface area contributed by atoms with Crippen LogP contribution in [0.2, 0.25) is 0 Å². The molecular formula is C21H27N3O3S2. The summed E-state index contributed by atoms with van der Waals surface area (Å²) in [6.45, 7) is 3.33. The van der Waals surface area contributed by atoms with Crippen LogP contribution in [0.4, 0.5) is 0 Å². The van der Waals surface area contributed by atoms with Crippen LogP contribution in [0.3, 0.4) is 0 Å². The molecule has 156 valence electrons. The standard InChI is InChI=1S/C21H27N3O3S2/c25-19(13-23-21(26)16-29-15-20-2-1-9-27-20)4-3-18-12-17(5-6-22-18)14-24-7-10-28-11-8-24/h1-2,4-6,9,12,25H,3,7-8,10-11,13-16H2,(H,23,26). The van der Waals surface area contributed by atoms with Crippen molar-refractivity contribution < 1.29 is 14.3 Å². The van der Waals surface area contributed by atoms with E-state index in [0.29, 0.717) is 17.9 Å².